The lowest BCUT2D eigenvalue weighted by Crippen LogP contribution is -2.14. The summed E-state index contributed by atoms with van der Waals surface area (Å²) in [6, 6.07) is 7.24. The summed E-state index contributed by atoms with van der Waals surface area (Å²) in [4.78, 5) is 26.7. The first kappa shape index (κ1) is 18.0. The number of nitrogens with zero attached hydrogens (tertiary/aromatic N) is 4. The van der Waals surface area contributed by atoms with Gasteiger partial charge in [-0.3, -0.25) is 4.79 Å². The molecule has 0 bridgehead atoms. The van der Waals surface area contributed by atoms with Crippen molar-refractivity contribution in [3.63, 3.8) is 0 Å². The maximum Gasteiger partial charge on any atom is 0.418 e. The number of carbonyl (C=O) groups is 2. The molecule has 2 N–H and O–H groups in total. The number of alkyl halides is 3. The minimum Gasteiger partial charge on any atom is -0.478 e. The van der Waals surface area contributed by atoms with Gasteiger partial charge in [0, 0.05) is 6.20 Å². The van der Waals surface area contributed by atoms with Gasteiger partial charge in [0.2, 0.25) is 0 Å². The van der Waals surface area contributed by atoms with Gasteiger partial charge in [0.1, 0.15) is 5.82 Å². The molecule has 27 heavy (non-hydrogen) atoms. The van der Waals surface area contributed by atoms with E-state index in [-0.39, 0.29) is 22.8 Å². The van der Waals surface area contributed by atoms with Crippen LogP contribution in [0.3, 0.4) is 0 Å². The summed E-state index contributed by atoms with van der Waals surface area (Å²) in [6.07, 6.45) is -2.50. The minimum absolute atomic E-state index is 0.0511. The van der Waals surface area contributed by atoms with E-state index >= 15 is 0 Å². The number of pyridine rings is 1. The fourth-order valence-corrected chi connectivity index (χ4v) is 2.17. The molecule has 2 heterocycles. The van der Waals surface area contributed by atoms with Crippen LogP contribution in [0.5, 0.6) is 0 Å². The van der Waals surface area contributed by atoms with Gasteiger partial charge >= 0.3 is 12.1 Å². The maximum atomic E-state index is 13.1. The number of carboxylic acid groups (broad SMARTS) is 1. The van der Waals surface area contributed by atoms with E-state index in [1.54, 1.807) is 0 Å². The molecule has 11 heteroatoms. The van der Waals surface area contributed by atoms with Crippen LogP contribution in [-0.2, 0) is 6.18 Å². The van der Waals surface area contributed by atoms with Crippen molar-refractivity contribution in [1.29, 1.82) is 0 Å². The molecule has 1 amide bonds. The molecule has 138 valence electrons. The van der Waals surface area contributed by atoms with Crippen LogP contribution in [0.2, 0.25) is 0 Å². The molecule has 0 radical (unpaired) electrons. The number of carbonyl (C=O) groups excluding carboxylic acids is 1. The number of nitrogens with one attached hydrogen (secondary N) is 1. The molecule has 0 atom stereocenters. The molecule has 0 aliphatic rings. The third kappa shape index (κ3) is 3.92. The second-order valence-electron chi connectivity index (χ2n) is 5.25. The van der Waals surface area contributed by atoms with E-state index in [1.165, 1.54) is 30.3 Å². The first-order chi connectivity index (χ1) is 12.8. The first-order valence-corrected chi connectivity index (χ1v) is 7.35. The molecule has 0 saturated heterocycles. The molecule has 2 aromatic heterocycles. The molecule has 0 spiro atoms. The topological polar surface area (TPSA) is 110 Å². The van der Waals surface area contributed by atoms with Gasteiger partial charge in [0.05, 0.1) is 23.0 Å². The molecule has 0 aliphatic heterocycles. The summed E-state index contributed by atoms with van der Waals surface area (Å²) in [6.45, 7) is 0. The van der Waals surface area contributed by atoms with Crippen LogP contribution in [-0.4, -0.2) is 37.0 Å². The maximum absolute atomic E-state index is 13.1. The Morgan fingerprint density at radius 3 is 2.48 bits per heavy atom. The van der Waals surface area contributed by atoms with Gasteiger partial charge in [-0.25, -0.2) is 14.5 Å². The second kappa shape index (κ2) is 6.86. The average Bonchev–Trinajstić information content (AvgIpc) is 3.11. The van der Waals surface area contributed by atoms with Gasteiger partial charge in [-0.1, -0.05) is 17.3 Å². The van der Waals surface area contributed by atoms with E-state index in [4.69, 9.17) is 5.11 Å². The normalized spacial score (nSPS) is 11.2. The van der Waals surface area contributed by atoms with Gasteiger partial charge in [-0.05, 0) is 24.3 Å². The van der Waals surface area contributed by atoms with Gasteiger partial charge in [-0.15, -0.1) is 5.10 Å². The minimum atomic E-state index is -4.60. The summed E-state index contributed by atoms with van der Waals surface area (Å²) >= 11 is 0. The number of halogens is 3. The van der Waals surface area contributed by atoms with Gasteiger partial charge in [0.25, 0.3) is 5.91 Å². The molecule has 0 unspecified atom stereocenters. The smallest absolute Gasteiger partial charge is 0.418 e. The lowest BCUT2D eigenvalue weighted by Gasteiger charge is -2.11. The predicted octanol–water partition coefficient (Wildman–Crippen LogP) is 2.63. The highest BCUT2D eigenvalue weighted by atomic mass is 19.4. The number of para-hydroxylation sites is 1. The Morgan fingerprint density at radius 2 is 1.85 bits per heavy atom. The van der Waals surface area contributed by atoms with Crippen molar-refractivity contribution >= 4 is 17.7 Å². The van der Waals surface area contributed by atoms with Gasteiger partial charge in [0.15, 0.2) is 5.69 Å². The largest absolute Gasteiger partial charge is 0.478 e. The monoisotopic (exact) mass is 377 g/mol. The molecule has 3 rings (SSSR count). The summed E-state index contributed by atoms with van der Waals surface area (Å²) in [5, 5.41) is 18.3. The van der Waals surface area contributed by atoms with Crippen molar-refractivity contribution in [2.45, 2.75) is 6.18 Å². The van der Waals surface area contributed by atoms with Crippen LogP contribution < -0.4 is 5.32 Å². The highest BCUT2D eigenvalue weighted by Gasteiger charge is 2.34. The number of benzene rings is 1. The van der Waals surface area contributed by atoms with Crippen molar-refractivity contribution in [1.82, 2.24) is 20.0 Å². The van der Waals surface area contributed by atoms with Crippen molar-refractivity contribution in [2.24, 2.45) is 0 Å². The number of aromatic nitrogens is 4. The second-order valence-corrected chi connectivity index (χ2v) is 5.25. The van der Waals surface area contributed by atoms with Crippen molar-refractivity contribution < 1.29 is 27.9 Å². The number of hydrogen-bond acceptors (Lipinski definition) is 5. The number of carboxylic acids is 1. The lowest BCUT2D eigenvalue weighted by atomic mass is 10.1. The Morgan fingerprint density at radius 1 is 1.11 bits per heavy atom. The van der Waals surface area contributed by atoms with E-state index in [9.17, 15) is 22.8 Å². The molecule has 0 saturated carbocycles. The van der Waals surface area contributed by atoms with E-state index in [1.807, 2.05) is 0 Å². The summed E-state index contributed by atoms with van der Waals surface area (Å²) in [7, 11) is 0. The molecular formula is C16H10F3N5O3. The lowest BCUT2D eigenvalue weighted by molar-refractivity contribution is -0.137. The Hall–Kier alpha value is -3.76. The average molecular weight is 377 g/mol. The highest BCUT2D eigenvalue weighted by molar-refractivity contribution is 6.02. The quantitative estimate of drug-likeness (QED) is 0.723. The van der Waals surface area contributed by atoms with Crippen LogP contribution in [0.25, 0.3) is 5.69 Å². The summed E-state index contributed by atoms with van der Waals surface area (Å²) < 4.78 is 40.1. The summed E-state index contributed by atoms with van der Waals surface area (Å²) in [5.41, 5.74) is -1.51. The number of anilines is 1. The molecule has 8 nitrogen and oxygen atoms in total. The zero-order valence-electron chi connectivity index (χ0n) is 13.3. The van der Waals surface area contributed by atoms with Gasteiger partial charge < -0.3 is 10.4 Å². The third-order valence-electron chi connectivity index (χ3n) is 3.43. The third-order valence-corrected chi connectivity index (χ3v) is 3.43. The fraction of sp³-hybridized carbons (Fsp3) is 0.0625. The zero-order chi connectivity index (χ0) is 19.6. The molecular weight excluding hydrogens is 367 g/mol. The van der Waals surface area contributed by atoms with Gasteiger partial charge in [-0.2, -0.15) is 13.2 Å². The van der Waals surface area contributed by atoms with Crippen LogP contribution in [0.1, 0.15) is 26.4 Å². The van der Waals surface area contributed by atoms with Crippen LogP contribution in [0.15, 0.2) is 48.8 Å². The fourth-order valence-electron chi connectivity index (χ4n) is 2.17. The predicted molar refractivity (Wildman–Crippen MR) is 85.5 cm³/mol. The molecule has 0 aliphatic carbocycles. The standard InChI is InChI=1S/C16H10F3N5O3/c17-16(18,19)10-3-1-2-4-12(10)24-8-11(22-23-24)14(25)21-13-6-5-9(7-20-13)15(26)27/h1-8H,(H,26,27)(H,20,21,25). The van der Waals surface area contributed by atoms with Crippen molar-refractivity contribution in [2.75, 3.05) is 5.32 Å². The van der Waals surface area contributed by atoms with Crippen LogP contribution in [0, 0.1) is 0 Å². The summed E-state index contributed by atoms with van der Waals surface area (Å²) in [5.74, 6) is -1.89. The number of aromatic carboxylic acids is 1. The molecule has 3 aromatic rings. The Kier molecular flexibility index (Phi) is 4.59. The zero-order valence-corrected chi connectivity index (χ0v) is 13.3. The van der Waals surface area contributed by atoms with E-state index in [0.717, 1.165) is 23.1 Å². The van der Waals surface area contributed by atoms with Crippen molar-refractivity contribution in [3.8, 4) is 5.69 Å². The SMILES string of the molecule is O=C(O)c1ccc(NC(=O)c2cn(-c3ccccc3C(F)(F)F)nn2)nc1. The molecule has 1 aromatic carbocycles. The van der Waals surface area contributed by atoms with E-state index in [0.29, 0.717) is 0 Å². The number of amides is 1. The van der Waals surface area contributed by atoms with Crippen LogP contribution in [0.4, 0.5) is 19.0 Å². The van der Waals surface area contributed by atoms with E-state index in [2.05, 4.69) is 20.6 Å². The number of hydrogen-bond donors (Lipinski definition) is 2. The Labute approximate surface area is 149 Å². The number of rotatable bonds is 4. The first-order valence-electron chi connectivity index (χ1n) is 7.35. The van der Waals surface area contributed by atoms with Crippen LogP contribution >= 0.6 is 0 Å². The Bertz CT molecular complexity index is 999. The highest BCUT2D eigenvalue weighted by Crippen LogP contribution is 2.33. The van der Waals surface area contributed by atoms with Crippen molar-refractivity contribution in [3.05, 3.63) is 65.6 Å². The van der Waals surface area contributed by atoms with E-state index < -0.39 is 23.6 Å². The Balaban J connectivity index is 1.82. The molecule has 0 fully saturated rings.